The largest absolute Gasteiger partial charge is 0.368 e. The van der Waals surface area contributed by atoms with E-state index < -0.39 is 0 Å². The van der Waals surface area contributed by atoms with E-state index in [1.54, 1.807) is 0 Å². The van der Waals surface area contributed by atoms with E-state index in [0.717, 1.165) is 30.2 Å². The molecule has 1 heterocycles. The molecule has 0 saturated heterocycles. The van der Waals surface area contributed by atoms with E-state index in [9.17, 15) is 0 Å². The van der Waals surface area contributed by atoms with Crippen molar-refractivity contribution in [3.8, 4) is 0 Å². The van der Waals surface area contributed by atoms with Crippen molar-refractivity contribution in [2.24, 2.45) is 5.84 Å². The van der Waals surface area contributed by atoms with Gasteiger partial charge in [-0.15, -0.1) is 0 Å². The molecule has 0 atom stereocenters. The minimum atomic E-state index is 0.417. The molecular weight excluding hydrogens is 246 g/mol. The summed E-state index contributed by atoms with van der Waals surface area (Å²) in [6.45, 7) is 4.98. The first kappa shape index (κ1) is 13.4. The number of thioether (sulfide) groups is 1. The number of hydrogen-bond acceptors (Lipinski definition) is 6. The molecule has 0 aliphatic heterocycles. The van der Waals surface area contributed by atoms with Crippen LogP contribution in [0, 0.1) is 6.92 Å². The molecule has 6 heteroatoms. The molecule has 4 N–H and O–H groups in total. The van der Waals surface area contributed by atoms with Crippen molar-refractivity contribution in [1.82, 2.24) is 9.97 Å². The molecule has 5 nitrogen and oxygen atoms in total. The van der Waals surface area contributed by atoms with Crippen molar-refractivity contribution in [2.75, 3.05) is 23.5 Å². The predicted octanol–water partition coefficient (Wildman–Crippen LogP) is 1.94. The molecule has 0 radical (unpaired) electrons. The molecule has 0 amide bonds. The van der Waals surface area contributed by atoms with Crippen molar-refractivity contribution in [1.29, 1.82) is 0 Å². The average molecular weight is 267 g/mol. The summed E-state index contributed by atoms with van der Waals surface area (Å²) in [7, 11) is 0. The Hall–Kier alpha value is -1.01. The lowest BCUT2D eigenvalue weighted by Gasteiger charge is -2.17. The standard InChI is InChI=1S/C12H21N5S/c1-4-9-15-10(8(2)11(16-9)17-13)14-7-12(18-3)5-6-12/h4-7,13H2,1-3H3,(H2,14,15,16,17). The van der Waals surface area contributed by atoms with E-state index in [1.165, 1.54) is 12.8 Å². The Morgan fingerprint density at radius 3 is 2.50 bits per heavy atom. The number of hydrazine groups is 1. The first-order valence-corrected chi connectivity index (χ1v) is 7.50. The predicted molar refractivity (Wildman–Crippen MR) is 77.9 cm³/mol. The fourth-order valence-electron chi connectivity index (χ4n) is 1.87. The molecule has 1 aliphatic rings. The molecule has 0 aromatic carbocycles. The molecule has 1 aliphatic carbocycles. The smallest absolute Gasteiger partial charge is 0.148 e. The highest BCUT2D eigenvalue weighted by Gasteiger charge is 2.41. The Bertz CT molecular complexity index is 431. The van der Waals surface area contributed by atoms with Crippen LogP contribution in [0.4, 0.5) is 11.6 Å². The Kier molecular flexibility index (Phi) is 3.97. The molecule has 1 aromatic rings. The number of nitrogen functional groups attached to an aromatic ring is 1. The Morgan fingerprint density at radius 1 is 1.33 bits per heavy atom. The van der Waals surface area contributed by atoms with Crippen molar-refractivity contribution < 1.29 is 0 Å². The molecule has 100 valence electrons. The Morgan fingerprint density at radius 2 is 2.00 bits per heavy atom. The molecule has 18 heavy (non-hydrogen) atoms. The summed E-state index contributed by atoms with van der Waals surface area (Å²) in [5, 5.41) is 3.45. The van der Waals surface area contributed by atoms with Crippen molar-refractivity contribution in [3.05, 3.63) is 11.4 Å². The summed E-state index contributed by atoms with van der Waals surface area (Å²) in [4.78, 5) is 8.90. The number of nitrogens with zero attached hydrogens (tertiary/aromatic N) is 2. The second-order valence-corrected chi connectivity index (χ2v) is 5.97. The van der Waals surface area contributed by atoms with E-state index in [-0.39, 0.29) is 0 Å². The van der Waals surface area contributed by atoms with Gasteiger partial charge in [0.2, 0.25) is 0 Å². The molecule has 0 spiro atoms. The highest BCUT2D eigenvalue weighted by atomic mass is 32.2. The van der Waals surface area contributed by atoms with E-state index in [4.69, 9.17) is 5.84 Å². The fraction of sp³-hybridized carbons (Fsp3) is 0.667. The zero-order valence-electron chi connectivity index (χ0n) is 11.2. The fourth-order valence-corrected chi connectivity index (χ4v) is 2.60. The van der Waals surface area contributed by atoms with Crippen LogP contribution in [0.25, 0.3) is 0 Å². The summed E-state index contributed by atoms with van der Waals surface area (Å²) < 4.78 is 0.417. The van der Waals surface area contributed by atoms with Gasteiger partial charge in [0, 0.05) is 23.3 Å². The summed E-state index contributed by atoms with van der Waals surface area (Å²) in [5.41, 5.74) is 3.62. The van der Waals surface area contributed by atoms with Crippen LogP contribution in [0.1, 0.15) is 31.2 Å². The number of rotatable bonds is 6. The molecular formula is C12H21N5S. The highest BCUT2D eigenvalue weighted by molar-refractivity contribution is 8.00. The summed E-state index contributed by atoms with van der Waals surface area (Å²) in [5.74, 6) is 7.91. The van der Waals surface area contributed by atoms with Gasteiger partial charge in [-0.25, -0.2) is 15.8 Å². The minimum absolute atomic E-state index is 0.417. The third kappa shape index (κ3) is 2.70. The molecule has 0 bridgehead atoms. The van der Waals surface area contributed by atoms with Gasteiger partial charge in [-0.1, -0.05) is 6.92 Å². The van der Waals surface area contributed by atoms with E-state index in [1.807, 2.05) is 25.6 Å². The number of nitrogens with two attached hydrogens (primary N) is 1. The van der Waals surface area contributed by atoms with Gasteiger partial charge in [-0.05, 0) is 26.0 Å². The van der Waals surface area contributed by atoms with Crippen LogP contribution in [0.3, 0.4) is 0 Å². The van der Waals surface area contributed by atoms with Crippen LogP contribution in [0.5, 0.6) is 0 Å². The topological polar surface area (TPSA) is 75.9 Å². The van der Waals surface area contributed by atoms with Crippen LogP contribution in [0.15, 0.2) is 0 Å². The third-order valence-corrected chi connectivity index (χ3v) is 4.88. The lowest BCUT2D eigenvalue weighted by Crippen LogP contribution is -2.20. The van der Waals surface area contributed by atoms with Gasteiger partial charge in [0.25, 0.3) is 0 Å². The Labute approximate surface area is 112 Å². The van der Waals surface area contributed by atoms with Gasteiger partial charge < -0.3 is 10.7 Å². The zero-order valence-corrected chi connectivity index (χ0v) is 12.0. The summed E-state index contributed by atoms with van der Waals surface area (Å²) >= 11 is 1.94. The van der Waals surface area contributed by atoms with E-state index >= 15 is 0 Å². The highest BCUT2D eigenvalue weighted by Crippen LogP contribution is 2.47. The van der Waals surface area contributed by atoms with E-state index in [2.05, 4.69) is 27.0 Å². The van der Waals surface area contributed by atoms with Crippen molar-refractivity contribution in [3.63, 3.8) is 0 Å². The number of aromatic nitrogens is 2. The molecule has 1 saturated carbocycles. The molecule has 1 fully saturated rings. The van der Waals surface area contributed by atoms with Crippen LogP contribution in [-0.2, 0) is 6.42 Å². The second-order valence-electron chi connectivity index (χ2n) is 4.70. The Balaban J connectivity index is 2.15. The van der Waals surface area contributed by atoms with E-state index in [0.29, 0.717) is 10.6 Å². The first-order valence-electron chi connectivity index (χ1n) is 6.27. The summed E-state index contributed by atoms with van der Waals surface area (Å²) in [6, 6.07) is 0. The van der Waals surface area contributed by atoms with Crippen molar-refractivity contribution in [2.45, 2.75) is 37.9 Å². The molecule has 2 rings (SSSR count). The molecule has 1 aromatic heterocycles. The van der Waals surface area contributed by atoms with Gasteiger partial charge in [0.05, 0.1) is 0 Å². The average Bonchev–Trinajstić information content (AvgIpc) is 3.18. The molecule has 0 unspecified atom stereocenters. The maximum Gasteiger partial charge on any atom is 0.148 e. The number of aryl methyl sites for hydroxylation is 1. The lowest BCUT2D eigenvalue weighted by atomic mass is 10.3. The number of anilines is 2. The van der Waals surface area contributed by atoms with Crippen LogP contribution >= 0.6 is 11.8 Å². The number of hydrogen-bond donors (Lipinski definition) is 3. The maximum absolute atomic E-state index is 5.49. The van der Waals surface area contributed by atoms with Crippen LogP contribution in [-0.4, -0.2) is 27.5 Å². The van der Waals surface area contributed by atoms with Crippen LogP contribution in [0.2, 0.25) is 0 Å². The minimum Gasteiger partial charge on any atom is -0.368 e. The second kappa shape index (κ2) is 5.32. The quantitative estimate of drug-likeness (QED) is 0.540. The summed E-state index contributed by atoms with van der Waals surface area (Å²) in [6.07, 6.45) is 5.55. The normalized spacial score (nSPS) is 16.4. The van der Waals surface area contributed by atoms with Gasteiger partial charge >= 0.3 is 0 Å². The first-order chi connectivity index (χ1) is 8.64. The van der Waals surface area contributed by atoms with Gasteiger partial charge in [-0.2, -0.15) is 11.8 Å². The number of nitrogens with one attached hydrogen (secondary N) is 2. The monoisotopic (exact) mass is 267 g/mol. The SMILES string of the molecule is CCc1nc(NN)c(C)c(NCC2(SC)CC2)n1. The van der Waals surface area contributed by atoms with Gasteiger partial charge in [0.15, 0.2) is 0 Å². The van der Waals surface area contributed by atoms with Gasteiger partial charge in [0.1, 0.15) is 17.5 Å². The van der Waals surface area contributed by atoms with Crippen LogP contribution < -0.4 is 16.6 Å². The zero-order chi connectivity index (χ0) is 13.2. The third-order valence-electron chi connectivity index (χ3n) is 3.46. The lowest BCUT2D eigenvalue weighted by molar-refractivity contribution is 0.897. The van der Waals surface area contributed by atoms with Crippen molar-refractivity contribution >= 4 is 23.4 Å². The van der Waals surface area contributed by atoms with Gasteiger partial charge in [-0.3, -0.25) is 0 Å². The maximum atomic E-state index is 5.49.